The third kappa shape index (κ3) is 3.06. The highest BCUT2D eigenvalue weighted by atomic mass is 127. The Hall–Kier alpha value is -1.29. The maximum Gasteiger partial charge on any atom is 0.267 e. The van der Waals surface area contributed by atoms with Gasteiger partial charge in [-0.25, -0.2) is 21.6 Å². The van der Waals surface area contributed by atoms with Crippen molar-refractivity contribution in [1.82, 2.24) is 0 Å². The molecule has 0 aliphatic rings. The summed E-state index contributed by atoms with van der Waals surface area (Å²) in [6.45, 7) is 0. The molecule has 0 fully saturated rings. The number of sulfonamides is 1. The van der Waals surface area contributed by atoms with Gasteiger partial charge in [0.2, 0.25) is 0 Å². The summed E-state index contributed by atoms with van der Waals surface area (Å²) in [5, 5.41) is 0. The van der Waals surface area contributed by atoms with Crippen LogP contribution in [0.5, 0.6) is 0 Å². The molecule has 2 aromatic carbocycles. The summed E-state index contributed by atoms with van der Waals surface area (Å²) in [6.07, 6.45) is 0. The predicted octanol–water partition coefficient (Wildman–Crippen LogP) is 3.51. The minimum atomic E-state index is -4.49. The first-order valence-electron chi connectivity index (χ1n) is 5.23. The second kappa shape index (κ2) is 5.60. The van der Waals surface area contributed by atoms with Crippen LogP contribution in [0.4, 0.5) is 18.9 Å². The largest absolute Gasteiger partial charge is 0.278 e. The summed E-state index contributed by atoms with van der Waals surface area (Å²) in [6, 6.07) is 6.94. The number of nitrogens with one attached hydrogen (secondary N) is 1. The highest BCUT2D eigenvalue weighted by molar-refractivity contribution is 14.1. The average molecular weight is 413 g/mol. The molecule has 0 atom stereocenters. The van der Waals surface area contributed by atoms with Crippen LogP contribution in [-0.2, 0) is 10.0 Å². The van der Waals surface area contributed by atoms with Crippen molar-refractivity contribution in [3.05, 3.63) is 57.4 Å². The molecule has 0 spiro atoms. The molecule has 0 aliphatic carbocycles. The van der Waals surface area contributed by atoms with Gasteiger partial charge in [0.1, 0.15) is 17.5 Å². The Morgan fingerprint density at radius 1 is 1.00 bits per heavy atom. The van der Waals surface area contributed by atoms with Crippen LogP contribution in [0.2, 0.25) is 0 Å². The van der Waals surface area contributed by atoms with Crippen LogP contribution in [0.3, 0.4) is 0 Å². The number of hydrogen-bond donors (Lipinski definition) is 1. The lowest BCUT2D eigenvalue weighted by Gasteiger charge is -2.11. The molecule has 1 N–H and O–H groups in total. The SMILES string of the molecule is O=S(=O)(Nc1ccccc1I)c1c(F)cc(F)cc1F. The van der Waals surface area contributed by atoms with E-state index >= 15 is 0 Å². The van der Waals surface area contributed by atoms with Crippen molar-refractivity contribution >= 4 is 38.3 Å². The van der Waals surface area contributed by atoms with Gasteiger partial charge in [0.25, 0.3) is 10.0 Å². The average Bonchev–Trinajstić information content (AvgIpc) is 2.30. The predicted molar refractivity (Wildman–Crippen MR) is 76.3 cm³/mol. The van der Waals surface area contributed by atoms with Crippen LogP contribution >= 0.6 is 22.6 Å². The molecule has 8 heteroatoms. The Morgan fingerprint density at radius 3 is 2.10 bits per heavy atom. The highest BCUT2D eigenvalue weighted by Crippen LogP contribution is 2.25. The van der Waals surface area contributed by atoms with Gasteiger partial charge in [-0.15, -0.1) is 0 Å². The Bertz CT molecular complexity index is 742. The summed E-state index contributed by atoms with van der Waals surface area (Å²) in [5.74, 6) is -4.16. The highest BCUT2D eigenvalue weighted by Gasteiger charge is 2.25. The van der Waals surface area contributed by atoms with E-state index < -0.39 is 32.4 Å². The molecular formula is C12H7F3INO2S. The van der Waals surface area contributed by atoms with E-state index in [4.69, 9.17) is 0 Å². The molecule has 0 aliphatic heterocycles. The molecule has 0 amide bonds. The number of halogens is 4. The summed E-state index contributed by atoms with van der Waals surface area (Å²) in [4.78, 5) is -1.21. The van der Waals surface area contributed by atoms with Crippen LogP contribution in [0, 0.1) is 21.0 Å². The zero-order valence-corrected chi connectivity index (χ0v) is 12.7. The fourth-order valence-electron chi connectivity index (χ4n) is 1.53. The third-order valence-corrected chi connectivity index (χ3v) is 4.71. The Labute approximate surface area is 127 Å². The summed E-state index contributed by atoms with van der Waals surface area (Å²) in [7, 11) is -4.49. The fourth-order valence-corrected chi connectivity index (χ4v) is 3.43. The van der Waals surface area contributed by atoms with Gasteiger partial charge in [-0.2, -0.15) is 0 Å². The van der Waals surface area contributed by atoms with Crippen molar-refractivity contribution in [2.24, 2.45) is 0 Å². The smallest absolute Gasteiger partial charge is 0.267 e. The van der Waals surface area contributed by atoms with Gasteiger partial charge < -0.3 is 0 Å². The van der Waals surface area contributed by atoms with Gasteiger partial charge in [-0.3, -0.25) is 4.72 Å². The van der Waals surface area contributed by atoms with Gasteiger partial charge in [0, 0.05) is 15.7 Å². The van der Waals surface area contributed by atoms with Gasteiger partial charge in [-0.1, -0.05) is 12.1 Å². The van der Waals surface area contributed by atoms with Crippen molar-refractivity contribution in [3.63, 3.8) is 0 Å². The minimum Gasteiger partial charge on any atom is -0.278 e. The summed E-state index contributed by atoms with van der Waals surface area (Å²) < 4.78 is 66.4. The van der Waals surface area contributed by atoms with E-state index in [1.54, 1.807) is 18.2 Å². The van der Waals surface area contributed by atoms with Crippen molar-refractivity contribution in [3.8, 4) is 0 Å². The minimum absolute atomic E-state index is 0.177. The number of hydrogen-bond acceptors (Lipinski definition) is 2. The molecule has 0 aromatic heterocycles. The maximum atomic E-state index is 13.5. The molecule has 0 heterocycles. The maximum absolute atomic E-state index is 13.5. The zero-order valence-electron chi connectivity index (χ0n) is 9.70. The molecule has 20 heavy (non-hydrogen) atoms. The molecule has 2 aromatic rings. The Morgan fingerprint density at radius 2 is 1.55 bits per heavy atom. The lowest BCUT2D eigenvalue weighted by atomic mass is 10.3. The molecule has 0 radical (unpaired) electrons. The molecule has 2 rings (SSSR count). The second-order valence-electron chi connectivity index (χ2n) is 3.78. The van der Waals surface area contributed by atoms with E-state index in [0.717, 1.165) is 0 Å². The molecule has 0 unspecified atom stereocenters. The lowest BCUT2D eigenvalue weighted by molar-refractivity contribution is 0.498. The molecule has 106 valence electrons. The third-order valence-electron chi connectivity index (χ3n) is 2.35. The Kier molecular flexibility index (Phi) is 4.23. The monoisotopic (exact) mass is 413 g/mol. The summed E-state index contributed by atoms with van der Waals surface area (Å²) >= 11 is 1.87. The quantitative estimate of drug-likeness (QED) is 0.784. The van der Waals surface area contributed by atoms with Crippen molar-refractivity contribution < 1.29 is 21.6 Å². The van der Waals surface area contributed by atoms with E-state index in [0.29, 0.717) is 15.7 Å². The van der Waals surface area contributed by atoms with Crippen LogP contribution in [0.1, 0.15) is 0 Å². The first-order valence-corrected chi connectivity index (χ1v) is 7.79. The van der Waals surface area contributed by atoms with Crippen LogP contribution in [-0.4, -0.2) is 8.42 Å². The molecule has 0 saturated carbocycles. The van der Waals surface area contributed by atoms with E-state index in [1.807, 2.05) is 22.6 Å². The van der Waals surface area contributed by atoms with E-state index in [2.05, 4.69) is 4.72 Å². The van der Waals surface area contributed by atoms with Gasteiger partial charge in [0.05, 0.1) is 5.69 Å². The normalized spacial score (nSPS) is 11.4. The van der Waals surface area contributed by atoms with Crippen LogP contribution < -0.4 is 4.72 Å². The second-order valence-corrected chi connectivity index (χ2v) is 6.57. The van der Waals surface area contributed by atoms with Crippen molar-refractivity contribution in [1.29, 1.82) is 0 Å². The number of para-hydroxylation sites is 1. The molecule has 0 bridgehead atoms. The number of benzene rings is 2. The van der Waals surface area contributed by atoms with E-state index in [-0.39, 0.29) is 5.69 Å². The van der Waals surface area contributed by atoms with Gasteiger partial charge in [-0.05, 0) is 34.7 Å². The zero-order chi connectivity index (χ0) is 14.9. The van der Waals surface area contributed by atoms with Gasteiger partial charge in [0.15, 0.2) is 4.90 Å². The standard InChI is InChI=1S/C12H7F3INO2S/c13-7-5-8(14)12(9(15)6-7)20(18,19)17-11-4-2-1-3-10(11)16/h1-6,17H. The van der Waals surface area contributed by atoms with Crippen molar-refractivity contribution in [2.45, 2.75) is 4.90 Å². The first kappa shape index (κ1) is 15.1. The van der Waals surface area contributed by atoms with Gasteiger partial charge >= 0.3 is 0 Å². The van der Waals surface area contributed by atoms with Crippen molar-refractivity contribution in [2.75, 3.05) is 4.72 Å². The molecule has 0 saturated heterocycles. The van der Waals surface area contributed by atoms with Crippen LogP contribution in [0.25, 0.3) is 0 Å². The topological polar surface area (TPSA) is 46.2 Å². The number of rotatable bonds is 3. The van der Waals surface area contributed by atoms with E-state index in [9.17, 15) is 21.6 Å². The number of anilines is 1. The van der Waals surface area contributed by atoms with Crippen LogP contribution in [0.15, 0.2) is 41.3 Å². The van der Waals surface area contributed by atoms with E-state index in [1.165, 1.54) is 6.07 Å². The lowest BCUT2D eigenvalue weighted by Crippen LogP contribution is -2.17. The molecular weight excluding hydrogens is 406 g/mol. The fraction of sp³-hybridized carbons (Fsp3) is 0. The first-order chi connectivity index (χ1) is 9.31. The summed E-state index contributed by atoms with van der Waals surface area (Å²) in [5.41, 5.74) is 0.177. The molecule has 3 nitrogen and oxygen atoms in total. The Balaban J connectivity index is 2.50.